The van der Waals surface area contributed by atoms with E-state index >= 15 is 0 Å². The average molecular weight is 209 g/mol. The molecule has 2 rings (SSSR count). The van der Waals surface area contributed by atoms with Crippen molar-refractivity contribution in [2.45, 2.75) is 52.5 Å². The van der Waals surface area contributed by atoms with Gasteiger partial charge in [-0.25, -0.2) is 0 Å². The molecule has 0 aromatic carbocycles. The predicted molar refractivity (Wildman–Crippen MR) is 61.8 cm³/mol. The molecule has 0 spiro atoms. The molecule has 0 bridgehead atoms. The molecule has 2 fully saturated rings. The summed E-state index contributed by atoms with van der Waals surface area (Å²) in [5.74, 6) is 0.821. The van der Waals surface area contributed by atoms with E-state index in [-0.39, 0.29) is 5.41 Å². The molecule has 0 aromatic heterocycles. The fourth-order valence-electron chi connectivity index (χ4n) is 2.78. The second-order valence-corrected chi connectivity index (χ2v) is 5.80. The molecule has 2 saturated carbocycles. The largest absolute Gasteiger partial charge is 0.300 e. The summed E-state index contributed by atoms with van der Waals surface area (Å²) in [4.78, 5) is 14.6. The maximum atomic E-state index is 12.1. The Labute approximate surface area is 93.0 Å². The van der Waals surface area contributed by atoms with Gasteiger partial charge >= 0.3 is 0 Å². The third-order valence-corrected chi connectivity index (χ3v) is 4.08. The van der Waals surface area contributed by atoms with Gasteiger partial charge in [-0.15, -0.1) is 0 Å². The number of carbonyl (C=O) groups excluding carboxylic acids is 1. The normalized spacial score (nSPS) is 30.1. The number of carbonyl (C=O) groups is 1. The van der Waals surface area contributed by atoms with Gasteiger partial charge in [0.1, 0.15) is 5.78 Å². The van der Waals surface area contributed by atoms with Crippen molar-refractivity contribution >= 4 is 5.78 Å². The molecule has 0 radical (unpaired) electrons. The van der Waals surface area contributed by atoms with Crippen LogP contribution in [0.4, 0.5) is 0 Å². The first kappa shape index (κ1) is 11.1. The molecule has 0 aliphatic heterocycles. The summed E-state index contributed by atoms with van der Waals surface area (Å²) < 4.78 is 0. The minimum absolute atomic E-state index is 0.0480. The Hall–Kier alpha value is -0.370. The van der Waals surface area contributed by atoms with Crippen LogP contribution in [0.3, 0.4) is 0 Å². The maximum Gasteiger partial charge on any atom is 0.142 e. The molecule has 15 heavy (non-hydrogen) atoms. The summed E-state index contributed by atoms with van der Waals surface area (Å²) in [5.41, 5.74) is -0.0480. The zero-order valence-corrected chi connectivity index (χ0v) is 10.3. The van der Waals surface area contributed by atoms with Gasteiger partial charge in [0.05, 0.1) is 0 Å². The van der Waals surface area contributed by atoms with Crippen molar-refractivity contribution in [1.82, 2.24) is 4.90 Å². The summed E-state index contributed by atoms with van der Waals surface area (Å²) in [5, 5.41) is 0. The molecule has 2 aliphatic carbocycles. The maximum absolute atomic E-state index is 12.1. The van der Waals surface area contributed by atoms with Gasteiger partial charge in [0.2, 0.25) is 0 Å². The van der Waals surface area contributed by atoms with Crippen molar-refractivity contribution in [2.75, 3.05) is 13.1 Å². The molecule has 1 atom stereocenters. The Bertz CT molecular complexity index is 255. The molecule has 2 aliphatic rings. The van der Waals surface area contributed by atoms with Gasteiger partial charge in [-0.3, -0.25) is 9.69 Å². The summed E-state index contributed by atoms with van der Waals surface area (Å²) in [6.07, 6.45) is 4.88. The average Bonchev–Trinajstić information content (AvgIpc) is 2.97. The van der Waals surface area contributed by atoms with Crippen LogP contribution in [0.5, 0.6) is 0 Å². The number of hydrogen-bond donors (Lipinski definition) is 0. The highest BCUT2D eigenvalue weighted by molar-refractivity contribution is 5.88. The van der Waals surface area contributed by atoms with Gasteiger partial charge < -0.3 is 0 Å². The summed E-state index contributed by atoms with van der Waals surface area (Å²) in [6, 6.07) is 0.798. The van der Waals surface area contributed by atoms with Gasteiger partial charge in [-0.1, -0.05) is 20.8 Å². The van der Waals surface area contributed by atoms with E-state index in [0.29, 0.717) is 11.7 Å². The van der Waals surface area contributed by atoms with Gasteiger partial charge in [0, 0.05) is 23.9 Å². The Morgan fingerprint density at radius 1 is 1.33 bits per heavy atom. The van der Waals surface area contributed by atoms with Crippen molar-refractivity contribution in [3.63, 3.8) is 0 Å². The third-order valence-electron chi connectivity index (χ3n) is 4.08. The molecule has 0 N–H and O–H groups in total. The fraction of sp³-hybridized carbons (Fsp3) is 0.923. The zero-order chi connectivity index (χ0) is 11.1. The topological polar surface area (TPSA) is 20.3 Å². The molecule has 0 saturated heterocycles. The smallest absolute Gasteiger partial charge is 0.142 e. The van der Waals surface area contributed by atoms with Crippen LogP contribution in [0, 0.1) is 11.3 Å². The number of nitrogens with zero attached hydrogens (tertiary/aromatic N) is 1. The molecule has 0 aromatic rings. The van der Waals surface area contributed by atoms with Crippen molar-refractivity contribution in [3.05, 3.63) is 0 Å². The number of Topliss-reactive ketones (excluding diaryl/α,β-unsaturated/α-hetero) is 1. The van der Waals surface area contributed by atoms with Crippen LogP contribution in [0.1, 0.15) is 46.5 Å². The van der Waals surface area contributed by atoms with Crippen molar-refractivity contribution in [3.8, 4) is 0 Å². The quantitative estimate of drug-likeness (QED) is 0.709. The molecule has 2 nitrogen and oxygen atoms in total. The monoisotopic (exact) mass is 209 g/mol. The van der Waals surface area contributed by atoms with Crippen LogP contribution in [0.15, 0.2) is 0 Å². The molecule has 1 unspecified atom stereocenters. The molecule has 0 heterocycles. The minimum atomic E-state index is -0.0480. The SMILES string of the molecule is CCN(CC1CCC(C)(C)C1=O)C1CC1. The van der Waals surface area contributed by atoms with Gasteiger partial charge in [-0.2, -0.15) is 0 Å². The van der Waals surface area contributed by atoms with Crippen molar-refractivity contribution in [1.29, 1.82) is 0 Å². The Balaban J connectivity index is 1.92. The van der Waals surface area contributed by atoms with Crippen LogP contribution < -0.4 is 0 Å². The van der Waals surface area contributed by atoms with Crippen LogP contribution in [0.2, 0.25) is 0 Å². The Kier molecular flexibility index (Phi) is 2.89. The van der Waals surface area contributed by atoms with Crippen LogP contribution in [-0.4, -0.2) is 29.8 Å². The highest BCUT2D eigenvalue weighted by Crippen LogP contribution is 2.39. The molecular formula is C13H23NO. The van der Waals surface area contributed by atoms with E-state index in [1.165, 1.54) is 12.8 Å². The summed E-state index contributed by atoms with van der Waals surface area (Å²) >= 11 is 0. The first-order chi connectivity index (χ1) is 7.04. The standard InChI is InChI=1S/C13H23NO/c1-4-14(11-5-6-11)9-10-7-8-13(2,3)12(10)15/h10-11H,4-9H2,1-3H3. The lowest BCUT2D eigenvalue weighted by Gasteiger charge is -2.24. The second-order valence-electron chi connectivity index (χ2n) is 5.80. The molecular weight excluding hydrogens is 186 g/mol. The van der Waals surface area contributed by atoms with E-state index in [2.05, 4.69) is 25.7 Å². The number of ketones is 1. The van der Waals surface area contributed by atoms with E-state index in [4.69, 9.17) is 0 Å². The number of rotatable bonds is 4. The number of hydrogen-bond acceptors (Lipinski definition) is 2. The highest BCUT2D eigenvalue weighted by Gasteiger charge is 2.42. The first-order valence-corrected chi connectivity index (χ1v) is 6.33. The zero-order valence-electron chi connectivity index (χ0n) is 10.3. The van der Waals surface area contributed by atoms with Crippen LogP contribution >= 0.6 is 0 Å². The van der Waals surface area contributed by atoms with Crippen LogP contribution in [0.25, 0.3) is 0 Å². The highest BCUT2D eigenvalue weighted by atomic mass is 16.1. The van der Waals surface area contributed by atoms with E-state index in [9.17, 15) is 4.79 Å². The van der Waals surface area contributed by atoms with E-state index in [1.807, 2.05) is 0 Å². The molecule has 86 valence electrons. The lowest BCUT2D eigenvalue weighted by atomic mass is 9.89. The lowest BCUT2D eigenvalue weighted by Crippen LogP contribution is -2.35. The Morgan fingerprint density at radius 2 is 2.00 bits per heavy atom. The van der Waals surface area contributed by atoms with E-state index in [1.54, 1.807) is 0 Å². The summed E-state index contributed by atoms with van der Waals surface area (Å²) in [7, 11) is 0. The van der Waals surface area contributed by atoms with E-state index in [0.717, 1.165) is 32.0 Å². The fourth-order valence-corrected chi connectivity index (χ4v) is 2.78. The summed E-state index contributed by atoms with van der Waals surface area (Å²) in [6.45, 7) is 8.53. The molecule has 0 amide bonds. The molecule has 2 heteroatoms. The predicted octanol–water partition coefficient (Wildman–Crippen LogP) is 2.48. The van der Waals surface area contributed by atoms with Crippen molar-refractivity contribution in [2.24, 2.45) is 11.3 Å². The Morgan fingerprint density at radius 3 is 2.40 bits per heavy atom. The van der Waals surface area contributed by atoms with E-state index < -0.39 is 0 Å². The minimum Gasteiger partial charge on any atom is -0.300 e. The van der Waals surface area contributed by atoms with Gasteiger partial charge in [0.15, 0.2) is 0 Å². The second kappa shape index (κ2) is 3.89. The van der Waals surface area contributed by atoms with Crippen molar-refractivity contribution < 1.29 is 4.79 Å². The lowest BCUT2D eigenvalue weighted by molar-refractivity contribution is -0.128. The first-order valence-electron chi connectivity index (χ1n) is 6.33. The van der Waals surface area contributed by atoms with Gasteiger partial charge in [-0.05, 0) is 32.2 Å². The third kappa shape index (κ3) is 2.25. The van der Waals surface area contributed by atoms with Crippen LogP contribution in [-0.2, 0) is 4.79 Å². The van der Waals surface area contributed by atoms with Gasteiger partial charge in [0.25, 0.3) is 0 Å².